The van der Waals surface area contributed by atoms with Crippen LogP contribution in [-0.4, -0.2) is 25.3 Å². The lowest BCUT2D eigenvalue weighted by molar-refractivity contribution is -0.120. The first kappa shape index (κ1) is 18.3. The predicted molar refractivity (Wildman–Crippen MR) is 99.2 cm³/mol. The molecule has 1 amide bonds. The van der Waals surface area contributed by atoms with Gasteiger partial charge in [0.05, 0.1) is 19.2 Å². The molecule has 1 N–H and O–H groups in total. The van der Waals surface area contributed by atoms with E-state index in [1.165, 1.54) is 0 Å². The molecule has 0 fully saturated rings. The van der Waals surface area contributed by atoms with Gasteiger partial charge in [-0.15, -0.1) is 0 Å². The van der Waals surface area contributed by atoms with E-state index in [1.54, 1.807) is 12.3 Å². The molecule has 0 radical (unpaired) electrons. The minimum absolute atomic E-state index is 0.168. The van der Waals surface area contributed by atoms with Crippen LogP contribution in [0, 0.1) is 0 Å². The lowest BCUT2D eigenvalue weighted by atomic mass is 10.1. The fourth-order valence-electron chi connectivity index (χ4n) is 2.14. The Morgan fingerprint density at radius 1 is 1.16 bits per heavy atom. The molecule has 2 aromatic carbocycles. The number of nitrogens with zero attached hydrogens (tertiary/aromatic N) is 1. The molecule has 0 aromatic heterocycles. The molecule has 2 aromatic rings. The van der Waals surface area contributed by atoms with Crippen molar-refractivity contribution in [1.82, 2.24) is 5.43 Å². The second kappa shape index (κ2) is 9.93. The van der Waals surface area contributed by atoms with E-state index in [-0.39, 0.29) is 12.3 Å². The molecule has 130 valence electrons. The molecule has 0 aliphatic carbocycles. The van der Waals surface area contributed by atoms with Crippen molar-refractivity contribution in [1.29, 1.82) is 0 Å². The molecular weight excluding hydrogens is 316 g/mol. The van der Waals surface area contributed by atoms with Crippen LogP contribution in [0.25, 0.3) is 0 Å². The van der Waals surface area contributed by atoms with Gasteiger partial charge >= 0.3 is 0 Å². The van der Waals surface area contributed by atoms with Gasteiger partial charge in [0.15, 0.2) is 11.5 Å². The number of nitrogens with one attached hydrogen (secondary N) is 1. The number of hydrogen-bond donors (Lipinski definition) is 1. The Hall–Kier alpha value is -3.08. The predicted octanol–water partition coefficient (Wildman–Crippen LogP) is 3.34. The fraction of sp³-hybridized carbons (Fsp3) is 0.200. The Bertz CT molecular complexity index is 727. The Labute approximate surface area is 148 Å². The zero-order chi connectivity index (χ0) is 17.9. The van der Waals surface area contributed by atoms with Crippen LogP contribution < -0.4 is 14.9 Å². The maximum Gasteiger partial charge on any atom is 0.244 e. The van der Waals surface area contributed by atoms with Crippen molar-refractivity contribution in [2.24, 2.45) is 5.10 Å². The molecule has 5 nitrogen and oxygen atoms in total. The monoisotopic (exact) mass is 338 g/mol. The Morgan fingerprint density at radius 3 is 2.68 bits per heavy atom. The van der Waals surface area contributed by atoms with Gasteiger partial charge in [-0.1, -0.05) is 43.0 Å². The molecule has 25 heavy (non-hydrogen) atoms. The second-order valence-corrected chi connectivity index (χ2v) is 5.19. The number of ether oxygens (including phenoxy) is 2. The van der Waals surface area contributed by atoms with Crippen LogP contribution in [-0.2, 0) is 11.2 Å². The summed E-state index contributed by atoms with van der Waals surface area (Å²) in [5.74, 6) is 1.11. The Balaban J connectivity index is 1.96. The molecule has 0 atom stereocenters. The van der Waals surface area contributed by atoms with Gasteiger partial charge in [-0.25, -0.2) is 5.43 Å². The highest BCUT2D eigenvalue weighted by Crippen LogP contribution is 2.28. The van der Waals surface area contributed by atoms with Gasteiger partial charge < -0.3 is 9.47 Å². The SMILES string of the molecule is C=CCOc1ccc(/C=N/NC(=O)Cc2ccccc2)cc1OCC. The summed E-state index contributed by atoms with van der Waals surface area (Å²) in [5, 5.41) is 3.99. The molecule has 0 aliphatic rings. The number of hydrogen-bond acceptors (Lipinski definition) is 4. The molecule has 0 saturated heterocycles. The minimum atomic E-state index is -0.168. The first-order valence-corrected chi connectivity index (χ1v) is 8.09. The van der Waals surface area contributed by atoms with Crippen LogP contribution in [0.3, 0.4) is 0 Å². The van der Waals surface area contributed by atoms with Crippen molar-refractivity contribution >= 4 is 12.1 Å². The van der Waals surface area contributed by atoms with Gasteiger partial charge in [-0.2, -0.15) is 5.10 Å². The zero-order valence-electron chi connectivity index (χ0n) is 14.3. The molecule has 0 aliphatic heterocycles. The summed E-state index contributed by atoms with van der Waals surface area (Å²) >= 11 is 0. The molecule has 0 bridgehead atoms. The van der Waals surface area contributed by atoms with Crippen LogP contribution in [0.15, 0.2) is 66.3 Å². The smallest absolute Gasteiger partial charge is 0.244 e. The summed E-state index contributed by atoms with van der Waals surface area (Å²) in [6.45, 7) is 6.47. The molecule has 2 rings (SSSR count). The van der Waals surface area contributed by atoms with Crippen molar-refractivity contribution in [3.63, 3.8) is 0 Å². The van der Waals surface area contributed by atoms with Crippen LogP contribution >= 0.6 is 0 Å². The topological polar surface area (TPSA) is 59.9 Å². The summed E-state index contributed by atoms with van der Waals surface area (Å²) in [5.41, 5.74) is 4.27. The van der Waals surface area contributed by atoms with Crippen molar-refractivity contribution in [3.05, 3.63) is 72.3 Å². The summed E-state index contributed by atoms with van der Waals surface area (Å²) in [4.78, 5) is 11.9. The number of carbonyl (C=O) groups excluding carboxylic acids is 1. The highest BCUT2D eigenvalue weighted by Gasteiger charge is 2.05. The molecule has 0 saturated carbocycles. The van der Waals surface area contributed by atoms with E-state index in [9.17, 15) is 4.79 Å². The van der Waals surface area contributed by atoms with E-state index >= 15 is 0 Å². The fourth-order valence-corrected chi connectivity index (χ4v) is 2.14. The van der Waals surface area contributed by atoms with Gasteiger partial charge in [0, 0.05) is 0 Å². The third kappa shape index (κ3) is 6.14. The molecular formula is C20H22N2O3. The standard InChI is InChI=1S/C20H22N2O3/c1-3-12-25-18-11-10-17(13-19(18)24-4-2)15-21-22-20(23)14-16-8-6-5-7-9-16/h3,5-11,13,15H,1,4,12,14H2,2H3,(H,22,23)/b21-15+. The third-order valence-corrected chi connectivity index (χ3v) is 3.23. The number of rotatable bonds is 9. The van der Waals surface area contributed by atoms with E-state index in [2.05, 4.69) is 17.1 Å². The van der Waals surface area contributed by atoms with E-state index in [4.69, 9.17) is 9.47 Å². The molecule has 0 unspecified atom stereocenters. The Morgan fingerprint density at radius 2 is 1.96 bits per heavy atom. The van der Waals surface area contributed by atoms with Crippen molar-refractivity contribution < 1.29 is 14.3 Å². The van der Waals surface area contributed by atoms with Gasteiger partial charge in [0.1, 0.15) is 6.61 Å². The lowest BCUT2D eigenvalue weighted by Crippen LogP contribution is -2.19. The average molecular weight is 338 g/mol. The van der Waals surface area contributed by atoms with Crippen molar-refractivity contribution in [2.45, 2.75) is 13.3 Å². The summed E-state index contributed by atoms with van der Waals surface area (Å²) in [7, 11) is 0. The average Bonchev–Trinajstić information content (AvgIpc) is 2.62. The number of benzene rings is 2. The van der Waals surface area contributed by atoms with Gasteiger partial charge in [0.25, 0.3) is 0 Å². The maximum atomic E-state index is 11.9. The van der Waals surface area contributed by atoms with Crippen LogP contribution in [0.4, 0.5) is 0 Å². The number of hydrazone groups is 1. The molecule has 0 heterocycles. The van der Waals surface area contributed by atoms with Gasteiger partial charge in [-0.3, -0.25) is 4.79 Å². The summed E-state index contributed by atoms with van der Waals surface area (Å²) < 4.78 is 11.1. The van der Waals surface area contributed by atoms with E-state index in [0.29, 0.717) is 24.7 Å². The van der Waals surface area contributed by atoms with Gasteiger partial charge in [-0.05, 0) is 36.2 Å². The largest absolute Gasteiger partial charge is 0.490 e. The van der Waals surface area contributed by atoms with E-state index in [0.717, 1.165) is 11.1 Å². The molecule has 0 spiro atoms. The quantitative estimate of drug-likeness (QED) is 0.433. The maximum absolute atomic E-state index is 11.9. The van der Waals surface area contributed by atoms with Crippen molar-refractivity contribution in [3.8, 4) is 11.5 Å². The number of amides is 1. The van der Waals surface area contributed by atoms with Crippen LogP contribution in [0.1, 0.15) is 18.1 Å². The van der Waals surface area contributed by atoms with Crippen molar-refractivity contribution in [2.75, 3.05) is 13.2 Å². The highest BCUT2D eigenvalue weighted by molar-refractivity contribution is 5.84. The van der Waals surface area contributed by atoms with E-state index < -0.39 is 0 Å². The van der Waals surface area contributed by atoms with Crippen LogP contribution in [0.5, 0.6) is 11.5 Å². The Kier molecular flexibility index (Phi) is 7.25. The zero-order valence-corrected chi connectivity index (χ0v) is 14.3. The third-order valence-electron chi connectivity index (χ3n) is 3.23. The summed E-state index contributed by atoms with van der Waals surface area (Å²) in [6, 6.07) is 15.0. The van der Waals surface area contributed by atoms with Crippen LogP contribution in [0.2, 0.25) is 0 Å². The van der Waals surface area contributed by atoms with Gasteiger partial charge in [0.2, 0.25) is 5.91 Å². The normalized spacial score (nSPS) is 10.4. The lowest BCUT2D eigenvalue weighted by Gasteiger charge is -2.11. The second-order valence-electron chi connectivity index (χ2n) is 5.19. The minimum Gasteiger partial charge on any atom is -0.490 e. The first-order valence-electron chi connectivity index (χ1n) is 8.09. The summed E-state index contributed by atoms with van der Waals surface area (Å²) in [6.07, 6.45) is 3.53. The first-order chi connectivity index (χ1) is 12.2. The molecule has 5 heteroatoms. The van der Waals surface area contributed by atoms with E-state index in [1.807, 2.05) is 55.5 Å². The number of carbonyl (C=O) groups is 1. The highest BCUT2D eigenvalue weighted by atomic mass is 16.5.